The van der Waals surface area contributed by atoms with E-state index in [9.17, 15) is 0 Å². The van der Waals surface area contributed by atoms with Crippen molar-refractivity contribution in [2.75, 3.05) is 0 Å². The Bertz CT molecular complexity index is 454. The zero-order chi connectivity index (χ0) is 11.4. The number of hydrogen-bond acceptors (Lipinski definition) is 3. The van der Waals surface area contributed by atoms with Gasteiger partial charge in [-0.15, -0.1) is 11.3 Å². The monoisotopic (exact) mass is 252 g/mol. The van der Waals surface area contributed by atoms with Gasteiger partial charge in [0, 0.05) is 17.0 Å². The van der Waals surface area contributed by atoms with Crippen molar-refractivity contribution >= 4 is 22.9 Å². The van der Waals surface area contributed by atoms with Crippen LogP contribution in [0.5, 0.6) is 0 Å². The number of thiophene rings is 1. The number of aryl methyl sites for hydroxylation is 1. The lowest BCUT2D eigenvalue weighted by atomic mass is 10.2. The van der Waals surface area contributed by atoms with Crippen molar-refractivity contribution in [1.82, 2.24) is 9.97 Å². The van der Waals surface area contributed by atoms with Crippen LogP contribution in [-0.2, 0) is 12.8 Å². The van der Waals surface area contributed by atoms with E-state index in [1.54, 1.807) is 11.3 Å². The molecule has 0 bridgehead atoms. The second-order valence-corrected chi connectivity index (χ2v) is 5.02. The van der Waals surface area contributed by atoms with Crippen molar-refractivity contribution in [2.45, 2.75) is 26.2 Å². The molecule has 0 aromatic carbocycles. The second kappa shape index (κ2) is 5.41. The van der Waals surface area contributed by atoms with Gasteiger partial charge in [0.25, 0.3) is 0 Å². The Kier molecular flexibility index (Phi) is 3.91. The molecule has 0 atom stereocenters. The summed E-state index contributed by atoms with van der Waals surface area (Å²) in [5.74, 6) is 0.818. The molecule has 2 nitrogen and oxygen atoms in total. The van der Waals surface area contributed by atoms with E-state index in [4.69, 9.17) is 11.6 Å². The fraction of sp³-hybridized carbons (Fsp3) is 0.333. The van der Waals surface area contributed by atoms with Gasteiger partial charge < -0.3 is 0 Å². The van der Waals surface area contributed by atoms with Gasteiger partial charge in [0.2, 0.25) is 0 Å². The van der Waals surface area contributed by atoms with Crippen molar-refractivity contribution < 1.29 is 0 Å². The summed E-state index contributed by atoms with van der Waals surface area (Å²) in [4.78, 5) is 10.0. The molecule has 4 heteroatoms. The molecule has 0 aliphatic carbocycles. The zero-order valence-corrected chi connectivity index (χ0v) is 10.7. The summed E-state index contributed by atoms with van der Waals surface area (Å²) < 4.78 is 0. The lowest BCUT2D eigenvalue weighted by molar-refractivity contribution is 0.844. The van der Waals surface area contributed by atoms with E-state index in [0.29, 0.717) is 5.15 Å². The third-order valence-electron chi connectivity index (χ3n) is 2.21. The lowest BCUT2D eigenvalue weighted by Gasteiger charge is -2.03. The minimum absolute atomic E-state index is 0.546. The Morgan fingerprint density at radius 1 is 1.38 bits per heavy atom. The topological polar surface area (TPSA) is 25.8 Å². The maximum Gasteiger partial charge on any atom is 0.135 e. The second-order valence-electron chi connectivity index (χ2n) is 3.60. The van der Waals surface area contributed by atoms with Crippen LogP contribution < -0.4 is 0 Å². The van der Waals surface area contributed by atoms with E-state index in [2.05, 4.69) is 28.3 Å². The van der Waals surface area contributed by atoms with Gasteiger partial charge in [-0.25, -0.2) is 9.97 Å². The molecular weight excluding hydrogens is 240 g/mol. The Morgan fingerprint density at radius 2 is 2.25 bits per heavy atom. The standard InChI is InChI=1S/C12H13ClN2S/c1-2-4-9-7-11(13)15-12(14-9)8-10-5-3-6-16-10/h3,5-7H,2,4,8H2,1H3. The summed E-state index contributed by atoms with van der Waals surface area (Å²) >= 11 is 7.70. The van der Waals surface area contributed by atoms with Gasteiger partial charge >= 0.3 is 0 Å². The summed E-state index contributed by atoms with van der Waals surface area (Å²) in [6.45, 7) is 2.13. The Balaban J connectivity index is 2.20. The molecule has 0 saturated carbocycles. The quantitative estimate of drug-likeness (QED) is 0.775. The average Bonchev–Trinajstić information content (AvgIpc) is 2.70. The van der Waals surface area contributed by atoms with Crippen molar-refractivity contribution in [1.29, 1.82) is 0 Å². The first kappa shape index (κ1) is 11.6. The number of hydrogen-bond donors (Lipinski definition) is 0. The van der Waals surface area contributed by atoms with Gasteiger partial charge in [0.15, 0.2) is 0 Å². The summed E-state index contributed by atoms with van der Waals surface area (Å²) in [5.41, 5.74) is 1.04. The number of rotatable bonds is 4. The molecule has 0 N–H and O–H groups in total. The number of aromatic nitrogens is 2. The van der Waals surface area contributed by atoms with Crippen LogP contribution >= 0.6 is 22.9 Å². The van der Waals surface area contributed by atoms with Crippen molar-refractivity contribution in [3.63, 3.8) is 0 Å². The van der Waals surface area contributed by atoms with Gasteiger partial charge in [-0.3, -0.25) is 0 Å². The van der Waals surface area contributed by atoms with E-state index in [1.807, 2.05) is 12.1 Å². The molecule has 0 fully saturated rings. The van der Waals surface area contributed by atoms with Crippen LogP contribution in [0.4, 0.5) is 0 Å². The molecule has 2 rings (SSSR count). The molecule has 0 unspecified atom stereocenters. The van der Waals surface area contributed by atoms with Crippen molar-refractivity contribution in [3.8, 4) is 0 Å². The van der Waals surface area contributed by atoms with E-state index in [-0.39, 0.29) is 0 Å². The van der Waals surface area contributed by atoms with Crippen LogP contribution in [0, 0.1) is 0 Å². The van der Waals surface area contributed by atoms with Gasteiger partial charge in [-0.1, -0.05) is 31.0 Å². The Labute approximate surface area is 104 Å². The van der Waals surface area contributed by atoms with E-state index < -0.39 is 0 Å². The third kappa shape index (κ3) is 3.03. The molecule has 0 aliphatic rings. The minimum atomic E-state index is 0.546. The zero-order valence-electron chi connectivity index (χ0n) is 9.11. The predicted molar refractivity (Wildman–Crippen MR) is 68.2 cm³/mol. The Morgan fingerprint density at radius 3 is 2.94 bits per heavy atom. The average molecular weight is 253 g/mol. The van der Waals surface area contributed by atoms with E-state index in [0.717, 1.165) is 30.8 Å². The van der Waals surface area contributed by atoms with E-state index >= 15 is 0 Å². The Hall–Kier alpha value is -0.930. The predicted octanol–water partition coefficient (Wildman–Crippen LogP) is 3.73. The third-order valence-corrected chi connectivity index (χ3v) is 3.28. The summed E-state index contributed by atoms with van der Waals surface area (Å²) in [7, 11) is 0. The lowest BCUT2D eigenvalue weighted by Crippen LogP contribution is -2.00. The van der Waals surface area contributed by atoms with Crippen LogP contribution in [0.3, 0.4) is 0 Å². The fourth-order valence-corrected chi connectivity index (χ4v) is 2.47. The molecule has 0 radical (unpaired) electrons. The highest BCUT2D eigenvalue weighted by Gasteiger charge is 2.04. The highest BCUT2D eigenvalue weighted by Crippen LogP contribution is 2.15. The molecule has 0 spiro atoms. The highest BCUT2D eigenvalue weighted by atomic mass is 35.5. The summed E-state index contributed by atoms with van der Waals surface area (Å²) in [6, 6.07) is 5.98. The molecule has 0 aliphatic heterocycles. The van der Waals surface area contributed by atoms with Gasteiger partial charge in [0.05, 0.1) is 0 Å². The fourth-order valence-electron chi connectivity index (χ4n) is 1.55. The molecule has 2 heterocycles. The molecule has 0 saturated heterocycles. The maximum atomic E-state index is 5.98. The SMILES string of the molecule is CCCc1cc(Cl)nc(Cc2cccs2)n1. The van der Waals surface area contributed by atoms with Crippen LogP contribution in [-0.4, -0.2) is 9.97 Å². The summed E-state index contributed by atoms with van der Waals surface area (Å²) in [6.07, 6.45) is 2.81. The molecule has 84 valence electrons. The summed E-state index contributed by atoms with van der Waals surface area (Å²) in [5, 5.41) is 2.61. The number of nitrogens with zero attached hydrogens (tertiary/aromatic N) is 2. The van der Waals surface area contributed by atoms with E-state index in [1.165, 1.54) is 4.88 Å². The van der Waals surface area contributed by atoms with Crippen LogP contribution in [0.25, 0.3) is 0 Å². The normalized spacial score (nSPS) is 10.6. The first-order valence-corrected chi connectivity index (χ1v) is 6.58. The molecule has 0 amide bonds. The molecule has 16 heavy (non-hydrogen) atoms. The first-order chi connectivity index (χ1) is 7.78. The van der Waals surface area contributed by atoms with Crippen LogP contribution in [0.15, 0.2) is 23.6 Å². The highest BCUT2D eigenvalue weighted by molar-refractivity contribution is 7.09. The smallest absolute Gasteiger partial charge is 0.135 e. The molecular formula is C12H13ClN2S. The van der Waals surface area contributed by atoms with Gasteiger partial charge in [-0.05, 0) is 23.9 Å². The molecule has 2 aromatic heterocycles. The van der Waals surface area contributed by atoms with Crippen LogP contribution in [0.1, 0.15) is 29.7 Å². The largest absolute Gasteiger partial charge is 0.237 e. The van der Waals surface area contributed by atoms with Gasteiger partial charge in [-0.2, -0.15) is 0 Å². The van der Waals surface area contributed by atoms with Crippen LogP contribution in [0.2, 0.25) is 5.15 Å². The molecule has 2 aromatic rings. The maximum absolute atomic E-state index is 5.98. The van der Waals surface area contributed by atoms with Crippen molar-refractivity contribution in [3.05, 3.63) is 45.1 Å². The first-order valence-electron chi connectivity index (χ1n) is 5.32. The number of halogens is 1. The van der Waals surface area contributed by atoms with Crippen molar-refractivity contribution in [2.24, 2.45) is 0 Å². The minimum Gasteiger partial charge on any atom is -0.237 e. The van der Waals surface area contributed by atoms with Gasteiger partial charge in [0.1, 0.15) is 11.0 Å².